The van der Waals surface area contributed by atoms with Gasteiger partial charge in [-0.15, -0.1) is 0 Å². The first-order chi connectivity index (χ1) is 7.58. The van der Waals surface area contributed by atoms with Gasteiger partial charge in [-0.25, -0.2) is 0 Å². The normalized spacial score (nSPS) is 12.8. The van der Waals surface area contributed by atoms with Gasteiger partial charge in [0.1, 0.15) is 17.6 Å². The maximum Gasteiger partial charge on any atom is 0.107 e. The molecule has 16 heavy (non-hydrogen) atoms. The number of furan rings is 1. The van der Waals surface area contributed by atoms with E-state index in [9.17, 15) is 5.11 Å². The third kappa shape index (κ3) is 2.02. The van der Waals surface area contributed by atoms with Crippen molar-refractivity contribution in [3.63, 3.8) is 0 Å². The Kier molecular flexibility index (Phi) is 2.84. The second-order valence-electron chi connectivity index (χ2n) is 4.18. The number of benzene rings is 1. The lowest BCUT2D eigenvalue weighted by Gasteiger charge is -2.10. The fourth-order valence-electron chi connectivity index (χ4n) is 1.85. The molecule has 2 heteroatoms. The van der Waals surface area contributed by atoms with E-state index in [1.807, 2.05) is 51.1 Å². The van der Waals surface area contributed by atoms with Crippen LogP contribution >= 0.6 is 0 Å². The van der Waals surface area contributed by atoms with E-state index in [0.717, 1.165) is 22.6 Å². The van der Waals surface area contributed by atoms with Crippen molar-refractivity contribution in [2.45, 2.75) is 26.9 Å². The molecule has 2 nitrogen and oxygen atoms in total. The number of rotatable bonds is 2. The highest BCUT2D eigenvalue weighted by molar-refractivity contribution is 5.33. The van der Waals surface area contributed by atoms with Gasteiger partial charge in [-0.3, -0.25) is 0 Å². The maximum absolute atomic E-state index is 10.2. The predicted octanol–water partition coefficient (Wildman–Crippen LogP) is 3.29. The first-order valence-electron chi connectivity index (χ1n) is 5.39. The largest absolute Gasteiger partial charge is 0.466 e. The second-order valence-corrected chi connectivity index (χ2v) is 4.18. The molecule has 0 amide bonds. The van der Waals surface area contributed by atoms with Crippen LogP contribution in [0.2, 0.25) is 0 Å². The summed E-state index contributed by atoms with van der Waals surface area (Å²) in [5.41, 5.74) is 2.94. The average molecular weight is 216 g/mol. The molecule has 0 spiro atoms. The third-order valence-electron chi connectivity index (χ3n) is 2.77. The van der Waals surface area contributed by atoms with Gasteiger partial charge in [0.15, 0.2) is 0 Å². The van der Waals surface area contributed by atoms with Crippen LogP contribution in [0, 0.1) is 20.8 Å². The maximum atomic E-state index is 10.2. The zero-order valence-electron chi connectivity index (χ0n) is 9.82. The first kappa shape index (κ1) is 11.0. The Morgan fingerprint density at radius 1 is 1.06 bits per heavy atom. The quantitative estimate of drug-likeness (QED) is 0.835. The summed E-state index contributed by atoms with van der Waals surface area (Å²) in [7, 11) is 0. The molecule has 1 atom stereocenters. The van der Waals surface area contributed by atoms with Crippen LogP contribution in [-0.2, 0) is 0 Å². The highest BCUT2D eigenvalue weighted by atomic mass is 16.3. The number of aryl methyl sites for hydroxylation is 3. The van der Waals surface area contributed by atoms with Crippen LogP contribution in [0.15, 0.2) is 34.7 Å². The van der Waals surface area contributed by atoms with Crippen molar-refractivity contribution in [1.29, 1.82) is 0 Å². The molecular formula is C14H16O2. The summed E-state index contributed by atoms with van der Waals surface area (Å²) < 4.78 is 5.42. The van der Waals surface area contributed by atoms with Crippen LogP contribution in [-0.4, -0.2) is 5.11 Å². The third-order valence-corrected chi connectivity index (χ3v) is 2.77. The molecule has 2 aromatic rings. The predicted molar refractivity (Wildman–Crippen MR) is 63.4 cm³/mol. The zero-order valence-corrected chi connectivity index (χ0v) is 9.82. The lowest BCUT2D eigenvalue weighted by molar-refractivity contribution is 0.218. The minimum absolute atomic E-state index is 0.599. The van der Waals surface area contributed by atoms with Crippen LogP contribution in [0.3, 0.4) is 0 Å². The van der Waals surface area contributed by atoms with Gasteiger partial charge in [0.2, 0.25) is 0 Å². The van der Waals surface area contributed by atoms with E-state index in [0.29, 0.717) is 0 Å². The molecule has 0 aliphatic heterocycles. The Morgan fingerprint density at radius 2 is 1.69 bits per heavy atom. The van der Waals surface area contributed by atoms with Gasteiger partial charge in [0.05, 0.1) is 0 Å². The van der Waals surface area contributed by atoms with E-state index >= 15 is 0 Å². The molecule has 1 N–H and O–H groups in total. The van der Waals surface area contributed by atoms with Gasteiger partial charge in [0.25, 0.3) is 0 Å². The van der Waals surface area contributed by atoms with Crippen LogP contribution in [0.25, 0.3) is 0 Å². The van der Waals surface area contributed by atoms with Gasteiger partial charge in [-0.2, -0.15) is 0 Å². The van der Waals surface area contributed by atoms with Crippen molar-refractivity contribution in [1.82, 2.24) is 0 Å². The molecule has 0 saturated carbocycles. The summed E-state index contributed by atoms with van der Waals surface area (Å²) >= 11 is 0. The topological polar surface area (TPSA) is 33.4 Å². The standard InChI is InChI=1S/C14H16O2/c1-9-4-6-12(7-5-9)14(15)13-8-10(2)16-11(13)3/h4-8,14-15H,1-3H3. The molecule has 0 saturated heterocycles. The number of hydrogen-bond acceptors (Lipinski definition) is 2. The molecule has 84 valence electrons. The Bertz CT molecular complexity index is 480. The van der Waals surface area contributed by atoms with Crippen molar-refractivity contribution in [2.75, 3.05) is 0 Å². The van der Waals surface area contributed by atoms with Crippen molar-refractivity contribution < 1.29 is 9.52 Å². The fourth-order valence-corrected chi connectivity index (χ4v) is 1.85. The van der Waals surface area contributed by atoms with Crippen LogP contribution in [0.1, 0.15) is 34.3 Å². The Labute approximate surface area is 95.5 Å². The lowest BCUT2D eigenvalue weighted by atomic mass is 10.0. The average Bonchev–Trinajstić information content (AvgIpc) is 2.58. The molecule has 1 heterocycles. The number of aliphatic hydroxyl groups excluding tert-OH is 1. The van der Waals surface area contributed by atoms with Gasteiger partial charge in [-0.05, 0) is 32.4 Å². The minimum atomic E-state index is -0.599. The van der Waals surface area contributed by atoms with Crippen LogP contribution < -0.4 is 0 Å². The molecule has 0 radical (unpaired) electrons. The van der Waals surface area contributed by atoms with Crippen molar-refractivity contribution in [2.24, 2.45) is 0 Å². The van der Waals surface area contributed by atoms with E-state index in [1.165, 1.54) is 5.56 Å². The van der Waals surface area contributed by atoms with Crippen molar-refractivity contribution in [3.05, 3.63) is 58.5 Å². The SMILES string of the molecule is Cc1ccc(C(O)c2cc(C)oc2C)cc1. The number of hydrogen-bond donors (Lipinski definition) is 1. The molecule has 1 unspecified atom stereocenters. The zero-order chi connectivity index (χ0) is 11.7. The van der Waals surface area contributed by atoms with Gasteiger partial charge in [0, 0.05) is 5.56 Å². The first-order valence-corrected chi connectivity index (χ1v) is 5.39. The molecular weight excluding hydrogens is 200 g/mol. The summed E-state index contributed by atoms with van der Waals surface area (Å²) in [6, 6.07) is 9.78. The van der Waals surface area contributed by atoms with E-state index in [1.54, 1.807) is 0 Å². The molecule has 0 aliphatic carbocycles. The summed E-state index contributed by atoms with van der Waals surface area (Å²) in [4.78, 5) is 0. The van der Waals surface area contributed by atoms with E-state index in [4.69, 9.17) is 4.42 Å². The van der Waals surface area contributed by atoms with Gasteiger partial charge in [-0.1, -0.05) is 29.8 Å². The van der Waals surface area contributed by atoms with E-state index < -0.39 is 6.10 Å². The van der Waals surface area contributed by atoms with Gasteiger partial charge >= 0.3 is 0 Å². The minimum Gasteiger partial charge on any atom is -0.466 e. The monoisotopic (exact) mass is 216 g/mol. The molecule has 1 aromatic heterocycles. The summed E-state index contributed by atoms with van der Waals surface area (Å²) in [6.45, 7) is 5.79. The summed E-state index contributed by atoms with van der Waals surface area (Å²) in [5, 5.41) is 10.2. The molecule has 2 rings (SSSR count). The summed E-state index contributed by atoms with van der Waals surface area (Å²) in [5.74, 6) is 1.62. The highest BCUT2D eigenvalue weighted by Crippen LogP contribution is 2.27. The second kappa shape index (κ2) is 4.14. The molecule has 0 aliphatic rings. The van der Waals surface area contributed by atoms with E-state index in [-0.39, 0.29) is 0 Å². The fraction of sp³-hybridized carbons (Fsp3) is 0.286. The highest BCUT2D eigenvalue weighted by Gasteiger charge is 2.15. The summed E-state index contributed by atoms with van der Waals surface area (Å²) in [6.07, 6.45) is -0.599. The van der Waals surface area contributed by atoms with E-state index in [2.05, 4.69) is 0 Å². The Hall–Kier alpha value is -1.54. The molecule has 0 bridgehead atoms. The van der Waals surface area contributed by atoms with Crippen LogP contribution in [0.4, 0.5) is 0 Å². The van der Waals surface area contributed by atoms with Crippen molar-refractivity contribution >= 4 is 0 Å². The number of aliphatic hydroxyl groups is 1. The lowest BCUT2D eigenvalue weighted by Crippen LogP contribution is -1.99. The Balaban J connectivity index is 2.35. The Morgan fingerprint density at radius 3 is 2.19 bits per heavy atom. The van der Waals surface area contributed by atoms with Gasteiger partial charge < -0.3 is 9.52 Å². The van der Waals surface area contributed by atoms with Crippen molar-refractivity contribution in [3.8, 4) is 0 Å². The molecule has 0 fully saturated rings. The smallest absolute Gasteiger partial charge is 0.107 e. The van der Waals surface area contributed by atoms with Crippen LogP contribution in [0.5, 0.6) is 0 Å². The molecule has 1 aromatic carbocycles.